The molecule has 0 bridgehead atoms. The van der Waals surface area contributed by atoms with E-state index in [1.54, 1.807) is 4.68 Å². The lowest BCUT2D eigenvalue weighted by Crippen LogP contribution is -2.30. The third-order valence-corrected chi connectivity index (χ3v) is 3.71. The van der Waals surface area contributed by atoms with E-state index in [0.717, 1.165) is 24.5 Å². The molecule has 1 aliphatic heterocycles. The Kier molecular flexibility index (Phi) is 3.53. The molecule has 0 saturated carbocycles. The molecular formula is C15H19FN4. The summed E-state index contributed by atoms with van der Waals surface area (Å²) in [6.45, 7) is 2.35. The Labute approximate surface area is 117 Å². The number of rotatable bonds is 3. The lowest BCUT2D eigenvalue weighted by atomic mass is 10.1. The van der Waals surface area contributed by atoms with E-state index >= 15 is 0 Å². The third kappa shape index (κ3) is 2.72. The van der Waals surface area contributed by atoms with Gasteiger partial charge in [-0.2, -0.15) is 5.10 Å². The molecule has 20 heavy (non-hydrogen) atoms. The van der Waals surface area contributed by atoms with Crippen molar-refractivity contribution in [2.75, 3.05) is 0 Å². The molecule has 2 heterocycles. The molecule has 3 rings (SSSR count). The summed E-state index contributed by atoms with van der Waals surface area (Å²) in [6, 6.07) is 8.11. The minimum absolute atomic E-state index is 0.278. The van der Waals surface area contributed by atoms with Crippen LogP contribution in [0.5, 0.6) is 0 Å². The third-order valence-electron chi connectivity index (χ3n) is 3.71. The molecule has 106 valence electrons. The summed E-state index contributed by atoms with van der Waals surface area (Å²) in [5.41, 5.74) is 8.42. The first-order chi connectivity index (χ1) is 9.61. The van der Waals surface area contributed by atoms with Crippen LogP contribution in [0.4, 0.5) is 4.39 Å². The summed E-state index contributed by atoms with van der Waals surface area (Å²) < 4.78 is 15.1. The zero-order valence-electron chi connectivity index (χ0n) is 11.6. The Balaban J connectivity index is 1.70. The molecule has 0 fully saturated rings. The van der Waals surface area contributed by atoms with E-state index in [0.29, 0.717) is 6.42 Å². The molecular weight excluding hydrogens is 255 g/mol. The van der Waals surface area contributed by atoms with Crippen molar-refractivity contribution in [3.8, 4) is 0 Å². The van der Waals surface area contributed by atoms with Gasteiger partial charge in [-0.25, -0.2) is 14.1 Å². The first-order valence-electron chi connectivity index (χ1n) is 7.00. The van der Waals surface area contributed by atoms with Gasteiger partial charge in [0.15, 0.2) is 5.82 Å². The number of benzene rings is 1. The number of hydrogen-bond acceptors (Lipinski definition) is 3. The number of aryl methyl sites for hydroxylation is 3. The Morgan fingerprint density at radius 3 is 2.80 bits per heavy atom. The number of aromatic nitrogens is 3. The van der Waals surface area contributed by atoms with Crippen LogP contribution < -0.4 is 5.73 Å². The van der Waals surface area contributed by atoms with Gasteiger partial charge >= 0.3 is 0 Å². The second-order valence-corrected chi connectivity index (χ2v) is 5.49. The van der Waals surface area contributed by atoms with Gasteiger partial charge in [-0.15, -0.1) is 0 Å². The highest BCUT2D eigenvalue weighted by Crippen LogP contribution is 2.23. The Morgan fingerprint density at radius 2 is 2.05 bits per heavy atom. The maximum absolute atomic E-state index is 13.4. The zero-order valence-corrected chi connectivity index (χ0v) is 11.6. The Morgan fingerprint density at radius 1 is 1.30 bits per heavy atom. The van der Waals surface area contributed by atoms with Gasteiger partial charge in [-0.1, -0.05) is 29.8 Å². The quantitative estimate of drug-likeness (QED) is 0.932. The van der Waals surface area contributed by atoms with Gasteiger partial charge < -0.3 is 5.73 Å². The van der Waals surface area contributed by atoms with Crippen LogP contribution in [0.2, 0.25) is 0 Å². The number of alkyl halides is 1. The molecule has 2 atom stereocenters. The van der Waals surface area contributed by atoms with Crippen molar-refractivity contribution in [3.05, 3.63) is 47.0 Å². The average molecular weight is 274 g/mol. The van der Waals surface area contributed by atoms with Crippen molar-refractivity contribution in [2.24, 2.45) is 5.73 Å². The molecule has 0 aliphatic carbocycles. The first-order valence-corrected chi connectivity index (χ1v) is 7.00. The number of nitrogens with zero attached hydrogens (tertiary/aromatic N) is 3. The highest BCUT2D eigenvalue weighted by Gasteiger charge is 2.27. The molecule has 2 aromatic rings. The van der Waals surface area contributed by atoms with E-state index in [2.05, 4.69) is 41.3 Å². The molecule has 0 radical (unpaired) electrons. The smallest absolute Gasteiger partial charge is 0.151 e. The first kappa shape index (κ1) is 13.2. The molecule has 5 heteroatoms. The molecule has 0 amide bonds. The second-order valence-electron chi connectivity index (χ2n) is 5.49. The molecule has 0 saturated heterocycles. The molecule has 2 unspecified atom stereocenters. The van der Waals surface area contributed by atoms with Gasteiger partial charge in [0, 0.05) is 12.8 Å². The fraction of sp³-hybridized carbons (Fsp3) is 0.467. The van der Waals surface area contributed by atoms with Gasteiger partial charge in [0.1, 0.15) is 12.0 Å². The number of hydrogen-bond donors (Lipinski definition) is 1. The van der Waals surface area contributed by atoms with Crippen LogP contribution in [-0.2, 0) is 19.4 Å². The van der Waals surface area contributed by atoms with E-state index in [1.165, 1.54) is 11.1 Å². The van der Waals surface area contributed by atoms with E-state index in [4.69, 9.17) is 5.73 Å². The SMILES string of the molecule is Cc1ccc(CCc2nc3n(n2)CC(F)CC3N)cc1. The summed E-state index contributed by atoms with van der Waals surface area (Å²) in [5.74, 6) is 1.47. The minimum Gasteiger partial charge on any atom is -0.321 e. The van der Waals surface area contributed by atoms with Crippen LogP contribution in [0, 0.1) is 6.92 Å². The molecule has 2 N–H and O–H groups in total. The van der Waals surface area contributed by atoms with Crippen LogP contribution >= 0.6 is 0 Å². The maximum atomic E-state index is 13.4. The number of nitrogens with two attached hydrogens (primary N) is 1. The topological polar surface area (TPSA) is 56.7 Å². The minimum atomic E-state index is -0.913. The highest BCUT2D eigenvalue weighted by atomic mass is 19.1. The zero-order chi connectivity index (χ0) is 14.1. The average Bonchev–Trinajstić information content (AvgIpc) is 2.81. The largest absolute Gasteiger partial charge is 0.321 e. The second kappa shape index (κ2) is 5.32. The van der Waals surface area contributed by atoms with Gasteiger partial charge in [-0.3, -0.25) is 0 Å². The van der Waals surface area contributed by atoms with Crippen LogP contribution in [0.15, 0.2) is 24.3 Å². The summed E-state index contributed by atoms with van der Waals surface area (Å²) in [7, 11) is 0. The van der Waals surface area contributed by atoms with E-state index in [-0.39, 0.29) is 12.6 Å². The van der Waals surface area contributed by atoms with Gasteiger partial charge in [0.2, 0.25) is 0 Å². The standard InChI is InChI=1S/C15H19FN4/c1-10-2-4-11(5-3-10)6-7-14-18-15-13(17)8-12(16)9-20(15)19-14/h2-5,12-13H,6-9,17H2,1H3. The Hall–Kier alpha value is -1.75. The van der Waals surface area contributed by atoms with Crippen molar-refractivity contribution in [1.82, 2.24) is 14.8 Å². The van der Waals surface area contributed by atoms with Crippen LogP contribution in [0.25, 0.3) is 0 Å². The predicted octanol–water partition coefficient (Wildman–Crippen LogP) is 2.11. The van der Waals surface area contributed by atoms with Crippen LogP contribution in [-0.4, -0.2) is 20.9 Å². The van der Waals surface area contributed by atoms with Crippen molar-refractivity contribution in [2.45, 2.75) is 44.9 Å². The van der Waals surface area contributed by atoms with Crippen LogP contribution in [0.3, 0.4) is 0 Å². The van der Waals surface area contributed by atoms with Gasteiger partial charge in [0.05, 0.1) is 12.6 Å². The number of halogens is 1. The summed E-state index contributed by atoms with van der Waals surface area (Å²) in [4.78, 5) is 4.46. The number of fused-ring (bicyclic) bond motifs is 1. The Bertz CT molecular complexity index is 590. The summed E-state index contributed by atoms with van der Waals surface area (Å²) in [6.07, 6.45) is 1.07. The summed E-state index contributed by atoms with van der Waals surface area (Å²) >= 11 is 0. The van der Waals surface area contributed by atoms with E-state index < -0.39 is 6.17 Å². The monoisotopic (exact) mass is 274 g/mol. The molecule has 1 aromatic heterocycles. The lowest BCUT2D eigenvalue weighted by Gasteiger charge is -2.21. The maximum Gasteiger partial charge on any atom is 0.151 e. The van der Waals surface area contributed by atoms with E-state index in [1.807, 2.05) is 0 Å². The van der Waals surface area contributed by atoms with Crippen molar-refractivity contribution in [1.29, 1.82) is 0 Å². The lowest BCUT2D eigenvalue weighted by molar-refractivity contribution is 0.219. The molecule has 4 nitrogen and oxygen atoms in total. The fourth-order valence-electron chi connectivity index (χ4n) is 2.57. The molecule has 0 spiro atoms. The summed E-state index contributed by atoms with van der Waals surface area (Å²) in [5, 5.41) is 4.37. The van der Waals surface area contributed by atoms with E-state index in [9.17, 15) is 4.39 Å². The van der Waals surface area contributed by atoms with Gasteiger partial charge in [0.25, 0.3) is 0 Å². The predicted molar refractivity (Wildman–Crippen MR) is 75.1 cm³/mol. The van der Waals surface area contributed by atoms with Crippen molar-refractivity contribution < 1.29 is 4.39 Å². The van der Waals surface area contributed by atoms with Crippen LogP contribution in [0.1, 0.15) is 35.2 Å². The fourth-order valence-corrected chi connectivity index (χ4v) is 2.57. The normalized spacial score (nSPS) is 21.8. The highest BCUT2D eigenvalue weighted by molar-refractivity contribution is 5.21. The van der Waals surface area contributed by atoms with Crippen molar-refractivity contribution >= 4 is 0 Å². The molecule has 1 aromatic carbocycles. The van der Waals surface area contributed by atoms with Gasteiger partial charge in [-0.05, 0) is 18.9 Å². The molecule has 1 aliphatic rings. The van der Waals surface area contributed by atoms with Crippen molar-refractivity contribution in [3.63, 3.8) is 0 Å².